The van der Waals surface area contributed by atoms with Crippen LogP contribution in [-0.4, -0.2) is 37.3 Å². The molecule has 1 saturated heterocycles. The van der Waals surface area contributed by atoms with Gasteiger partial charge in [-0.3, -0.25) is 0 Å². The molecule has 1 N–H and O–H groups in total. The van der Waals surface area contributed by atoms with E-state index in [2.05, 4.69) is 10.3 Å². The Balaban J connectivity index is 1.89. The number of rotatable bonds is 6. The molecule has 5 nitrogen and oxygen atoms in total. The van der Waals surface area contributed by atoms with Crippen LogP contribution < -0.4 is 5.32 Å². The van der Waals surface area contributed by atoms with Gasteiger partial charge >= 0.3 is 5.97 Å². The van der Waals surface area contributed by atoms with Gasteiger partial charge in [0.25, 0.3) is 0 Å². The van der Waals surface area contributed by atoms with E-state index in [1.54, 1.807) is 25.3 Å². The van der Waals surface area contributed by atoms with Crippen LogP contribution in [0, 0.1) is 5.92 Å². The Morgan fingerprint density at radius 2 is 2.53 bits per heavy atom. The molecule has 1 aliphatic rings. The molecule has 1 fully saturated rings. The third-order valence-electron chi connectivity index (χ3n) is 3.17. The molecule has 0 radical (unpaired) electrons. The maximum absolute atomic E-state index is 11.8. The highest BCUT2D eigenvalue weighted by molar-refractivity contribution is 5.94. The van der Waals surface area contributed by atoms with Crippen molar-refractivity contribution < 1.29 is 14.3 Å². The Labute approximate surface area is 113 Å². The minimum Gasteiger partial charge on any atom is -0.462 e. The standard InChI is InChI=1S/C14H20N2O3/c1-2-19-14(17)12-4-3-7-15-13(12)16-8-5-11-6-9-18-10-11/h3-4,7,11H,2,5-6,8-10H2,1H3,(H,15,16). The molecule has 0 spiro atoms. The Hall–Kier alpha value is -1.62. The minimum atomic E-state index is -0.331. The number of esters is 1. The fourth-order valence-electron chi connectivity index (χ4n) is 2.13. The average Bonchev–Trinajstić information content (AvgIpc) is 2.93. The lowest BCUT2D eigenvalue weighted by molar-refractivity contribution is 0.0527. The number of carbonyl (C=O) groups is 1. The van der Waals surface area contributed by atoms with Gasteiger partial charge in [0.2, 0.25) is 0 Å². The second-order valence-electron chi connectivity index (χ2n) is 4.57. The lowest BCUT2D eigenvalue weighted by Crippen LogP contribution is -2.14. The number of ether oxygens (including phenoxy) is 2. The summed E-state index contributed by atoms with van der Waals surface area (Å²) in [6.45, 7) is 4.66. The SMILES string of the molecule is CCOC(=O)c1cccnc1NCCC1CCOC1. The van der Waals surface area contributed by atoms with Crippen molar-refractivity contribution in [1.82, 2.24) is 4.98 Å². The molecular formula is C14H20N2O3. The smallest absolute Gasteiger partial charge is 0.341 e. The van der Waals surface area contributed by atoms with E-state index in [0.29, 0.717) is 23.9 Å². The number of carbonyl (C=O) groups excluding carboxylic acids is 1. The van der Waals surface area contributed by atoms with Crippen molar-refractivity contribution >= 4 is 11.8 Å². The van der Waals surface area contributed by atoms with Crippen molar-refractivity contribution in [2.45, 2.75) is 19.8 Å². The van der Waals surface area contributed by atoms with Gasteiger partial charge in [0.05, 0.1) is 6.61 Å². The summed E-state index contributed by atoms with van der Waals surface area (Å²) in [5.41, 5.74) is 0.493. The van der Waals surface area contributed by atoms with Gasteiger partial charge in [-0.05, 0) is 37.8 Å². The van der Waals surface area contributed by atoms with Crippen molar-refractivity contribution in [2.75, 3.05) is 31.7 Å². The van der Waals surface area contributed by atoms with Crippen molar-refractivity contribution in [3.05, 3.63) is 23.9 Å². The van der Waals surface area contributed by atoms with E-state index < -0.39 is 0 Å². The largest absolute Gasteiger partial charge is 0.462 e. The summed E-state index contributed by atoms with van der Waals surface area (Å²) >= 11 is 0. The molecule has 1 aromatic rings. The first-order valence-electron chi connectivity index (χ1n) is 6.75. The zero-order valence-electron chi connectivity index (χ0n) is 11.2. The Morgan fingerprint density at radius 1 is 1.63 bits per heavy atom. The van der Waals surface area contributed by atoms with E-state index in [1.807, 2.05) is 0 Å². The van der Waals surface area contributed by atoms with E-state index in [-0.39, 0.29) is 5.97 Å². The predicted octanol–water partition coefficient (Wildman–Crippen LogP) is 2.10. The number of anilines is 1. The molecule has 0 saturated carbocycles. The van der Waals surface area contributed by atoms with Crippen LogP contribution in [0.15, 0.2) is 18.3 Å². The quantitative estimate of drug-likeness (QED) is 0.797. The highest BCUT2D eigenvalue weighted by atomic mass is 16.5. The van der Waals surface area contributed by atoms with E-state index in [4.69, 9.17) is 9.47 Å². The van der Waals surface area contributed by atoms with Gasteiger partial charge in [-0.2, -0.15) is 0 Å². The van der Waals surface area contributed by atoms with Crippen LogP contribution in [0.4, 0.5) is 5.82 Å². The van der Waals surface area contributed by atoms with Crippen LogP contribution in [0.25, 0.3) is 0 Å². The van der Waals surface area contributed by atoms with Crippen molar-refractivity contribution in [1.29, 1.82) is 0 Å². The minimum absolute atomic E-state index is 0.331. The van der Waals surface area contributed by atoms with Crippen molar-refractivity contribution in [3.63, 3.8) is 0 Å². The van der Waals surface area contributed by atoms with Gasteiger partial charge in [0.15, 0.2) is 0 Å². The van der Waals surface area contributed by atoms with Crippen LogP contribution in [0.1, 0.15) is 30.1 Å². The summed E-state index contributed by atoms with van der Waals surface area (Å²) < 4.78 is 10.3. The summed E-state index contributed by atoms with van der Waals surface area (Å²) in [6, 6.07) is 3.47. The van der Waals surface area contributed by atoms with Crippen LogP contribution >= 0.6 is 0 Å². The average molecular weight is 264 g/mol. The molecule has 1 aliphatic heterocycles. The van der Waals surface area contributed by atoms with Crippen LogP contribution in [0.2, 0.25) is 0 Å². The second-order valence-corrected chi connectivity index (χ2v) is 4.57. The number of pyridine rings is 1. The summed E-state index contributed by atoms with van der Waals surface area (Å²) in [5, 5.41) is 3.21. The second kappa shape index (κ2) is 7.09. The molecule has 0 bridgehead atoms. The summed E-state index contributed by atoms with van der Waals surface area (Å²) in [7, 11) is 0. The lowest BCUT2D eigenvalue weighted by atomic mass is 10.1. The third kappa shape index (κ3) is 3.92. The lowest BCUT2D eigenvalue weighted by Gasteiger charge is -2.11. The molecule has 5 heteroatoms. The van der Waals surface area contributed by atoms with E-state index >= 15 is 0 Å². The topological polar surface area (TPSA) is 60.5 Å². The Morgan fingerprint density at radius 3 is 3.26 bits per heavy atom. The zero-order chi connectivity index (χ0) is 13.5. The fourth-order valence-corrected chi connectivity index (χ4v) is 2.13. The molecule has 0 amide bonds. The summed E-state index contributed by atoms with van der Waals surface area (Å²) in [6.07, 6.45) is 3.82. The first-order valence-corrected chi connectivity index (χ1v) is 6.75. The monoisotopic (exact) mass is 264 g/mol. The molecule has 0 aliphatic carbocycles. The van der Waals surface area contributed by atoms with E-state index in [0.717, 1.165) is 32.6 Å². The van der Waals surface area contributed by atoms with Gasteiger partial charge in [0, 0.05) is 26.0 Å². The zero-order valence-corrected chi connectivity index (χ0v) is 11.2. The Bertz CT molecular complexity index is 417. The molecular weight excluding hydrogens is 244 g/mol. The van der Waals surface area contributed by atoms with Crippen LogP contribution in [0.3, 0.4) is 0 Å². The maximum atomic E-state index is 11.8. The van der Waals surface area contributed by atoms with Crippen LogP contribution in [-0.2, 0) is 9.47 Å². The van der Waals surface area contributed by atoms with E-state index in [9.17, 15) is 4.79 Å². The number of nitrogens with one attached hydrogen (secondary N) is 1. The molecule has 104 valence electrons. The normalized spacial score (nSPS) is 18.3. The maximum Gasteiger partial charge on any atom is 0.341 e. The number of aromatic nitrogens is 1. The Kier molecular flexibility index (Phi) is 5.15. The van der Waals surface area contributed by atoms with Gasteiger partial charge in [-0.15, -0.1) is 0 Å². The number of hydrogen-bond acceptors (Lipinski definition) is 5. The number of hydrogen-bond donors (Lipinski definition) is 1. The van der Waals surface area contributed by atoms with Gasteiger partial charge in [-0.25, -0.2) is 9.78 Å². The van der Waals surface area contributed by atoms with Crippen LogP contribution in [0.5, 0.6) is 0 Å². The van der Waals surface area contributed by atoms with Crippen molar-refractivity contribution in [2.24, 2.45) is 5.92 Å². The highest BCUT2D eigenvalue weighted by Crippen LogP contribution is 2.17. The molecule has 0 aromatic carbocycles. The first kappa shape index (κ1) is 13.8. The molecule has 19 heavy (non-hydrogen) atoms. The molecule has 1 unspecified atom stereocenters. The number of nitrogens with zero attached hydrogens (tertiary/aromatic N) is 1. The van der Waals surface area contributed by atoms with E-state index in [1.165, 1.54) is 0 Å². The molecule has 2 heterocycles. The van der Waals surface area contributed by atoms with Gasteiger partial charge < -0.3 is 14.8 Å². The van der Waals surface area contributed by atoms with Gasteiger partial charge in [0.1, 0.15) is 11.4 Å². The summed E-state index contributed by atoms with van der Waals surface area (Å²) in [5.74, 6) is 0.879. The summed E-state index contributed by atoms with van der Waals surface area (Å²) in [4.78, 5) is 16.0. The molecule has 1 atom stereocenters. The predicted molar refractivity (Wildman–Crippen MR) is 72.2 cm³/mol. The molecule has 2 rings (SSSR count). The fraction of sp³-hybridized carbons (Fsp3) is 0.571. The first-order chi connectivity index (χ1) is 9.31. The van der Waals surface area contributed by atoms with Crippen molar-refractivity contribution in [3.8, 4) is 0 Å². The third-order valence-corrected chi connectivity index (χ3v) is 3.17. The molecule has 1 aromatic heterocycles. The van der Waals surface area contributed by atoms with Gasteiger partial charge in [-0.1, -0.05) is 0 Å². The highest BCUT2D eigenvalue weighted by Gasteiger charge is 2.16.